The first-order valence-corrected chi connectivity index (χ1v) is 3.15. The van der Waals surface area contributed by atoms with Gasteiger partial charge in [0.2, 0.25) is 0 Å². The van der Waals surface area contributed by atoms with Gasteiger partial charge in [-0.05, 0) is 6.92 Å². The van der Waals surface area contributed by atoms with Crippen LogP contribution in [-0.4, -0.2) is 13.0 Å². The predicted molar refractivity (Wildman–Crippen MR) is 25.6 cm³/mol. The molecule has 4 nitrogen and oxygen atoms in total. The van der Waals surface area contributed by atoms with Gasteiger partial charge in [-0.25, -0.2) is 8.42 Å². The van der Waals surface area contributed by atoms with Crippen LogP contribution in [0.3, 0.4) is 0 Å². The van der Waals surface area contributed by atoms with Crippen LogP contribution in [0.2, 0.25) is 0 Å². The Morgan fingerprint density at radius 1 is 1.56 bits per heavy atom. The molecular formula is C3H5LiO4S. The Kier molecular flexibility index (Phi) is 6.40. The Morgan fingerprint density at radius 3 is 2.11 bits per heavy atom. The molecule has 0 aromatic rings. The van der Waals surface area contributed by atoms with Crippen molar-refractivity contribution in [3.8, 4) is 0 Å². The summed E-state index contributed by atoms with van der Waals surface area (Å²) in [5, 5.41) is 0. The van der Waals surface area contributed by atoms with Gasteiger partial charge in [0.15, 0.2) is 0 Å². The molecule has 0 spiro atoms. The second-order valence-electron chi connectivity index (χ2n) is 0.974. The minimum absolute atomic E-state index is 0. The van der Waals surface area contributed by atoms with E-state index in [9.17, 15) is 13.0 Å². The molecule has 0 N–H and O–H groups in total. The second kappa shape index (κ2) is 4.88. The Bertz CT molecular complexity index is 170. The van der Waals surface area contributed by atoms with E-state index in [1.165, 1.54) is 13.0 Å². The van der Waals surface area contributed by atoms with Crippen LogP contribution in [-0.2, 0) is 14.6 Å². The van der Waals surface area contributed by atoms with Crippen molar-refractivity contribution in [2.24, 2.45) is 0 Å². The fraction of sp³-hybridized carbons (Fsp3) is 0.333. The Hall–Kier alpha value is 0.0474. The first-order chi connectivity index (χ1) is 3.56. The van der Waals surface area contributed by atoms with Gasteiger partial charge >= 0.3 is 18.9 Å². The van der Waals surface area contributed by atoms with Gasteiger partial charge in [0.25, 0.3) is 10.4 Å². The third-order valence-electron chi connectivity index (χ3n) is 0.309. The molecule has 0 atom stereocenters. The summed E-state index contributed by atoms with van der Waals surface area (Å²) in [7, 11) is -4.52. The van der Waals surface area contributed by atoms with E-state index in [-0.39, 0.29) is 18.9 Å². The van der Waals surface area contributed by atoms with Gasteiger partial charge in [-0.15, -0.1) is 0 Å². The smallest absolute Gasteiger partial charge is 0.716 e. The molecule has 9 heavy (non-hydrogen) atoms. The molecular weight excluding hydrogens is 139 g/mol. The maximum Gasteiger partial charge on any atom is 1.00 e. The van der Waals surface area contributed by atoms with Gasteiger partial charge in [0, 0.05) is 0 Å². The topological polar surface area (TPSA) is 66.4 Å². The van der Waals surface area contributed by atoms with Gasteiger partial charge in [-0.2, -0.15) is 0 Å². The predicted octanol–water partition coefficient (Wildman–Crippen LogP) is -3.00. The van der Waals surface area contributed by atoms with Crippen molar-refractivity contribution in [2.75, 3.05) is 0 Å². The first-order valence-electron chi connectivity index (χ1n) is 1.81. The molecule has 0 saturated heterocycles. The van der Waals surface area contributed by atoms with Crippen molar-refractivity contribution in [1.82, 2.24) is 0 Å². The van der Waals surface area contributed by atoms with Crippen molar-refractivity contribution in [3.05, 3.63) is 12.3 Å². The van der Waals surface area contributed by atoms with Crippen molar-refractivity contribution in [2.45, 2.75) is 6.92 Å². The maximum atomic E-state index is 9.56. The maximum absolute atomic E-state index is 9.56. The second-order valence-corrected chi connectivity index (χ2v) is 1.98. The Balaban J connectivity index is 0. The summed E-state index contributed by atoms with van der Waals surface area (Å²) >= 11 is 0. The van der Waals surface area contributed by atoms with Gasteiger partial charge in [0.1, 0.15) is 6.26 Å². The molecule has 0 saturated carbocycles. The molecule has 0 heterocycles. The standard InChI is InChI=1S/C3H6O4S.Li/c1-2-3-7-8(4,5)6;/h2-3H,1H3,(H,4,5,6);/q;+1/p-1. The number of allylic oxidation sites excluding steroid dienone is 1. The summed E-state index contributed by atoms with van der Waals surface area (Å²) in [5.74, 6) is 0. The molecule has 6 heteroatoms. The minimum Gasteiger partial charge on any atom is -0.716 e. The van der Waals surface area contributed by atoms with Crippen LogP contribution in [0.25, 0.3) is 0 Å². The summed E-state index contributed by atoms with van der Waals surface area (Å²) in [4.78, 5) is 0. The summed E-state index contributed by atoms with van der Waals surface area (Å²) in [5.41, 5.74) is 0. The molecule has 48 valence electrons. The summed E-state index contributed by atoms with van der Waals surface area (Å²) in [6.45, 7) is 1.53. The SMILES string of the molecule is CC=COS(=O)(=O)[O-].[Li+]. The van der Waals surface area contributed by atoms with Crippen LogP contribution < -0.4 is 18.9 Å². The van der Waals surface area contributed by atoms with E-state index in [4.69, 9.17) is 0 Å². The van der Waals surface area contributed by atoms with Crippen LogP contribution in [0.15, 0.2) is 12.3 Å². The zero-order chi connectivity index (χ0) is 6.62. The van der Waals surface area contributed by atoms with Crippen molar-refractivity contribution in [3.63, 3.8) is 0 Å². The van der Waals surface area contributed by atoms with E-state index in [0.29, 0.717) is 0 Å². The number of rotatable bonds is 2. The number of hydrogen-bond donors (Lipinski definition) is 0. The Morgan fingerprint density at radius 2 is 2.00 bits per heavy atom. The summed E-state index contributed by atoms with van der Waals surface area (Å²) in [6.07, 6.45) is 2.11. The zero-order valence-electron chi connectivity index (χ0n) is 5.20. The Labute approximate surface area is 66.0 Å². The van der Waals surface area contributed by atoms with Crippen LogP contribution in [0.1, 0.15) is 6.92 Å². The van der Waals surface area contributed by atoms with Crippen LogP contribution in [0, 0.1) is 0 Å². The van der Waals surface area contributed by atoms with E-state index in [1.807, 2.05) is 0 Å². The van der Waals surface area contributed by atoms with E-state index in [1.54, 1.807) is 0 Å². The first kappa shape index (κ1) is 11.8. The van der Waals surface area contributed by atoms with Crippen LogP contribution >= 0.6 is 0 Å². The minimum atomic E-state index is -4.52. The van der Waals surface area contributed by atoms with Crippen LogP contribution in [0.5, 0.6) is 0 Å². The summed E-state index contributed by atoms with van der Waals surface area (Å²) < 4.78 is 32.3. The average Bonchev–Trinajstić information content (AvgIpc) is 1.59. The zero-order valence-corrected chi connectivity index (χ0v) is 6.01. The molecule has 0 unspecified atom stereocenters. The van der Waals surface area contributed by atoms with E-state index < -0.39 is 10.4 Å². The molecule has 0 bridgehead atoms. The quantitative estimate of drug-likeness (QED) is 0.179. The summed E-state index contributed by atoms with van der Waals surface area (Å²) in [6, 6.07) is 0. The van der Waals surface area contributed by atoms with E-state index in [0.717, 1.165) is 6.26 Å². The largest absolute Gasteiger partial charge is 1.00 e. The molecule has 0 amide bonds. The fourth-order valence-electron chi connectivity index (χ4n) is 0.124. The van der Waals surface area contributed by atoms with Crippen LogP contribution in [0.4, 0.5) is 0 Å². The van der Waals surface area contributed by atoms with Gasteiger partial charge in [-0.3, -0.25) is 0 Å². The monoisotopic (exact) mass is 144 g/mol. The van der Waals surface area contributed by atoms with Crippen molar-refractivity contribution in [1.29, 1.82) is 0 Å². The van der Waals surface area contributed by atoms with Gasteiger partial charge < -0.3 is 8.74 Å². The van der Waals surface area contributed by atoms with Crippen molar-refractivity contribution < 1.29 is 36.0 Å². The molecule has 0 fully saturated rings. The fourth-order valence-corrected chi connectivity index (χ4v) is 0.371. The third kappa shape index (κ3) is 11.6. The molecule has 0 aliphatic carbocycles. The molecule has 0 rings (SSSR count). The molecule has 0 aromatic carbocycles. The molecule has 0 aromatic heterocycles. The van der Waals surface area contributed by atoms with Crippen molar-refractivity contribution >= 4 is 10.4 Å². The number of hydrogen-bond acceptors (Lipinski definition) is 4. The average molecular weight is 144 g/mol. The van der Waals surface area contributed by atoms with E-state index >= 15 is 0 Å². The molecule has 0 radical (unpaired) electrons. The van der Waals surface area contributed by atoms with Gasteiger partial charge in [-0.1, -0.05) is 6.08 Å². The van der Waals surface area contributed by atoms with Gasteiger partial charge in [0.05, 0.1) is 0 Å². The van der Waals surface area contributed by atoms with E-state index in [2.05, 4.69) is 4.18 Å². The normalized spacial score (nSPS) is 10.9. The molecule has 0 aliphatic rings. The molecule has 0 aliphatic heterocycles. The third-order valence-corrected chi connectivity index (χ3v) is 0.656.